The quantitative estimate of drug-likeness (QED) is 0.521. The van der Waals surface area contributed by atoms with Crippen molar-refractivity contribution in [3.05, 3.63) is 102 Å². The molecule has 0 aliphatic carbocycles. The first-order valence-corrected chi connectivity index (χ1v) is 9.26. The molecule has 3 rings (SSSR count). The van der Waals surface area contributed by atoms with Crippen molar-refractivity contribution >= 4 is 11.7 Å². The van der Waals surface area contributed by atoms with Gasteiger partial charge >= 0.3 is 12.2 Å². The van der Waals surface area contributed by atoms with Gasteiger partial charge in [-0.2, -0.15) is 13.2 Å². The van der Waals surface area contributed by atoms with Gasteiger partial charge in [-0.05, 0) is 29.7 Å². The van der Waals surface area contributed by atoms with E-state index in [1.807, 2.05) is 60.7 Å². The van der Waals surface area contributed by atoms with Gasteiger partial charge in [0.05, 0.1) is 11.3 Å². The topological polar surface area (TPSA) is 41.1 Å². The summed E-state index contributed by atoms with van der Waals surface area (Å²) in [7, 11) is 0. The number of carbonyl (C=O) groups is 1. The highest BCUT2D eigenvalue weighted by molar-refractivity contribution is 5.90. The maximum atomic E-state index is 13.1. The minimum atomic E-state index is -4.53. The smallest absolute Gasteiger partial charge is 0.338 e. The number of hydrogen-bond acceptors (Lipinski definition) is 1. The van der Waals surface area contributed by atoms with E-state index in [9.17, 15) is 18.0 Å². The van der Waals surface area contributed by atoms with Gasteiger partial charge in [-0.3, -0.25) is 0 Å². The van der Waals surface area contributed by atoms with E-state index in [-0.39, 0.29) is 11.6 Å². The van der Waals surface area contributed by atoms with Crippen LogP contribution < -0.4 is 10.6 Å². The summed E-state index contributed by atoms with van der Waals surface area (Å²) >= 11 is 0. The van der Waals surface area contributed by atoms with Crippen molar-refractivity contribution in [1.29, 1.82) is 0 Å². The Kier molecular flexibility index (Phi) is 6.54. The molecule has 0 aliphatic rings. The normalized spacial score (nSPS) is 11.3. The molecule has 0 heterocycles. The Balaban J connectivity index is 1.64. The van der Waals surface area contributed by atoms with Crippen LogP contribution in [0.15, 0.2) is 84.9 Å². The number of alkyl halides is 3. The van der Waals surface area contributed by atoms with Crippen LogP contribution in [0.3, 0.4) is 0 Å². The van der Waals surface area contributed by atoms with Crippen LogP contribution in [0.2, 0.25) is 0 Å². The van der Waals surface area contributed by atoms with Crippen LogP contribution in [0, 0.1) is 0 Å². The Morgan fingerprint density at radius 1 is 0.793 bits per heavy atom. The van der Waals surface area contributed by atoms with E-state index in [4.69, 9.17) is 0 Å². The van der Waals surface area contributed by atoms with Gasteiger partial charge in [0.25, 0.3) is 0 Å². The Morgan fingerprint density at radius 3 is 1.86 bits per heavy atom. The van der Waals surface area contributed by atoms with Crippen LogP contribution in [-0.4, -0.2) is 12.6 Å². The van der Waals surface area contributed by atoms with Gasteiger partial charge in [-0.1, -0.05) is 72.8 Å². The van der Waals surface area contributed by atoms with E-state index in [1.54, 1.807) is 0 Å². The third-order valence-corrected chi connectivity index (χ3v) is 4.60. The molecule has 0 aromatic heterocycles. The molecule has 2 amide bonds. The average Bonchev–Trinajstić information content (AvgIpc) is 2.72. The fourth-order valence-electron chi connectivity index (χ4n) is 3.23. The van der Waals surface area contributed by atoms with Crippen LogP contribution >= 0.6 is 0 Å². The summed E-state index contributed by atoms with van der Waals surface area (Å²) in [4.78, 5) is 12.2. The molecule has 3 nitrogen and oxygen atoms in total. The SMILES string of the molecule is O=C(NCCC(c1ccccc1)c1ccccc1)Nc1ccccc1C(F)(F)F. The van der Waals surface area contributed by atoms with E-state index in [2.05, 4.69) is 10.6 Å². The number of nitrogens with one attached hydrogen (secondary N) is 2. The fourth-order valence-corrected chi connectivity index (χ4v) is 3.23. The minimum Gasteiger partial charge on any atom is -0.338 e. The lowest BCUT2D eigenvalue weighted by Crippen LogP contribution is -2.31. The number of para-hydroxylation sites is 1. The van der Waals surface area contributed by atoms with E-state index in [0.29, 0.717) is 13.0 Å². The summed E-state index contributed by atoms with van der Waals surface area (Å²) in [6, 6.07) is 24.1. The van der Waals surface area contributed by atoms with E-state index in [1.165, 1.54) is 18.2 Å². The van der Waals surface area contributed by atoms with E-state index >= 15 is 0 Å². The molecule has 0 atom stereocenters. The molecule has 0 unspecified atom stereocenters. The minimum absolute atomic E-state index is 0.0696. The second-order valence-electron chi connectivity index (χ2n) is 6.59. The number of rotatable bonds is 6. The van der Waals surface area contributed by atoms with E-state index in [0.717, 1.165) is 17.2 Å². The molecule has 3 aromatic rings. The number of halogens is 3. The third kappa shape index (κ3) is 5.60. The fraction of sp³-hybridized carbons (Fsp3) is 0.174. The van der Waals surface area contributed by atoms with Gasteiger partial charge in [-0.25, -0.2) is 4.79 Å². The monoisotopic (exact) mass is 398 g/mol. The Bertz CT molecular complexity index is 888. The van der Waals surface area contributed by atoms with Gasteiger partial charge in [0.15, 0.2) is 0 Å². The molecule has 0 saturated heterocycles. The summed E-state index contributed by atoms with van der Waals surface area (Å²) in [6.45, 7) is 0.314. The van der Waals surface area contributed by atoms with Crippen LogP contribution in [0.4, 0.5) is 23.7 Å². The average molecular weight is 398 g/mol. The van der Waals surface area contributed by atoms with Gasteiger partial charge in [0.2, 0.25) is 0 Å². The molecule has 0 bridgehead atoms. The summed E-state index contributed by atoms with van der Waals surface area (Å²) < 4.78 is 39.2. The van der Waals surface area contributed by atoms with Crippen LogP contribution in [-0.2, 0) is 6.18 Å². The first kappa shape index (κ1) is 20.5. The maximum absolute atomic E-state index is 13.1. The third-order valence-electron chi connectivity index (χ3n) is 4.60. The second kappa shape index (κ2) is 9.28. The second-order valence-corrected chi connectivity index (χ2v) is 6.59. The molecule has 2 N–H and O–H groups in total. The molecule has 0 saturated carbocycles. The number of urea groups is 1. The zero-order valence-electron chi connectivity index (χ0n) is 15.6. The summed E-state index contributed by atoms with van der Waals surface area (Å²) in [5.41, 5.74) is 1.09. The lowest BCUT2D eigenvalue weighted by Gasteiger charge is -2.19. The molecule has 0 spiro atoms. The summed E-state index contributed by atoms with van der Waals surface area (Å²) in [5.74, 6) is 0.0696. The zero-order valence-corrected chi connectivity index (χ0v) is 15.6. The number of amides is 2. The predicted octanol–water partition coefficient (Wildman–Crippen LogP) is 6.05. The Hall–Kier alpha value is -3.28. The molecule has 150 valence electrons. The molecule has 0 fully saturated rings. The van der Waals surface area contributed by atoms with Crippen molar-refractivity contribution in [2.75, 3.05) is 11.9 Å². The number of benzene rings is 3. The highest BCUT2D eigenvalue weighted by Crippen LogP contribution is 2.34. The predicted molar refractivity (Wildman–Crippen MR) is 108 cm³/mol. The van der Waals surface area contributed by atoms with Crippen molar-refractivity contribution in [2.45, 2.75) is 18.5 Å². The van der Waals surface area contributed by atoms with Gasteiger partial charge < -0.3 is 10.6 Å². The van der Waals surface area contributed by atoms with Gasteiger partial charge in [0.1, 0.15) is 0 Å². The summed E-state index contributed by atoms with van der Waals surface area (Å²) in [6.07, 6.45) is -3.92. The summed E-state index contributed by atoms with van der Waals surface area (Å²) in [5, 5.41) is 4.96. The van der Waals surface area contributed by atoms with Crippen molar-refractivity contribution < 1.29 is 18.0 Å². The molecule has 29 heavy (non-hydrogen) atoms. The number of hydrogen-bond donors (Lipinski definition) is 2. The Labute approximate surface area is 167 Å². The largest absolute Gasteiger partial charge is 0.418 e. The van der Waals surface area contributed by atoms with Gasteiger partial charge in [-0.15, -0.1) is 0 Å². The van der Waals surface area contributed by atoms with Crippen LogP contribution in [0.25, 0.3) is 0 Å². The lowest BCUT2D eigenvalue weighted by molar-refractivity contribution is -0.136. The van der Waals surface area contributed by atoms with Crippen LogP contribution in [0.1, 0.15) is 29.0 Å². The number of carbonyl (C=O) groups excluding carboxylic acids is 1. The highest BCUT2D eigenvalue weighted by Gasteiger charge is 2.33. The molecular formula is C23H21F3N2O. The molecule has 6 heteroatoms. The first-order valence-electron chi connectivity index (χ1n) is 9.26. The van der Waals surface area contributed by atoms with Crippen molar-refractivity contribution in [1.82, 2.24) is 5.32 Å². The molecular weight excluding hydrogens is 377 g/mol. The van der Waals surface area contributed by atoms with Crippen molar-refractivity contribution in [3.8, 4) is 0 Å². The van der Waals surface area contributed by atoms with E-state index < -0.39 is 17.8 Å². The molecule has 0 radical (unpaired) electrons. The highest BCUT2D eigenvalue weighted by atomic mass is 19.4. The number of anilines is 1. The Morgan fingerprint density at radius 2 is 1.31 bits per heavy atom. The van der Waals surface area contributed by atoms with Crippen LogP contribution in [0.5, 0.6) is 0 Å². The van der Waals surface area contributed by atoms with Crippen molar-refractivity contribution in [2.24, 2.45) is 0 Å². The zero-order chi connectivity index (χ0) is 20.7. The van der Waals surface area contributed by atoms with Crippen molar-refractivity contribution in [3.63, 3.8) is 0 Å². The molecule has 0 aliphatic heterocycles. The first-order chi connectivity index (χ1) is 13.9. The van der Waals surface area contributed by atoms with Gasteiger partial charge in [0, 0.05) is 12.5 Å². The molecule has 3 aromatic carbocycles. The maximum Gasteiger partial charge on any atom is 0.418 e. The lowest BCUT2D eigenvalue weighted by atomic mass is 9.88. The standard InChI is InChI=1S/C23H21F3N2O/c24-23(25,26)20-13-7-8-14-21(20)28-22(29)27-16-15-19(17-9-3-1-4-10-17)18-11-5-2-6-12-18/h1-14,19H,15-16H2,(H2,27,28,29).